The minimum atomic E-state index is -1.45. The van der Waals surface area contributed by atoms with E-state index in [0.717, 1.165) is 25.7 Å². The number of imide groups is 1. The molecule has 5 atom stereocenters. The zero-order valence-electron chi connectivity index (χ0n) is 27.0. The maximum atomic E-state index is 13.9. The number of fused-ring (bicyclic) bond motifs is 10. The fraction of sp³-hybridized carbons (Fsp3) is 0.324. The molecule has 1 fully saturated rings. The first-order chi connectivity index (χ1) is 23.4. The fourth-order valence-electron chi connectivity index (χ4n) is 7.02. The molecule has 0 radical (unpaired) electrons. The molecular formula is C34H30N4O11. The average molecular weight is 671 g/mol. The molecule has 0 saturated carbocycles. The number of aromatic amines is 1. The van der Waals surface area contributed by atoms with Crippen molar-refractivity contribution < 1.29 is 52.5 Å². The third kappa shape index (κ3) is 4.96. The van der Waals surface area contributed by atoms with E-state index in [4.69, 9.17) is 23.7 Å². The Morgan fingerprint density at radius 2 is 1.45 bits per heavy atom. The largest absolute Gasteiger partial charge is 0.463 e. The van der Waals surface area contributed by atoms with E-state index in [9.17, 15) is 28.8 Å². The van der Waals surface area contributed by atoms with Gasteiger partial charge in [0.1, 0.15) is 12.7 Å². The van der Waals surface area contributed by atoms with E-state index in [1.165, 1.54) is 20.2 Å². The van der Waals surface area contributed by atoms with E-state index < -0.39 is 72.9 Å². The van der Waals surface area contributed by atoms with Crippen LogP contribution in [0, 0.1) is 0 Å². The molecular weight excluding hydrogens is 640 g/mol. The molecule has 252 valence electrons. The van der Waals surface area contributed by atoms with Crippen LogP contribution in [0.3, 0.4) is 0 Å². The van der Waals surface area contributed by atoms with Crippen LogP contribution in [-0.2, 0) is 42.9 Å². The van der Waals surface area contributed by atoms with E-state index >= 15 is 0 Å². The van der Waals surface area contributed by atoms with Crippen molar-refractivity contribution in [3.05, 3.63) is 53.9 Å². The quantitative estimate of drug-likeness (QED) is 0.158. The first-order valence-electron chi connectivity index (χ1n) is 15.4. The number of amides is 2. The fourth-order valence-corrected chi connectivity index (χ4v) is 7.02. The van der Waals surface area contributed by atoms with Crippen molar-refractivity contribution >= 4 is 79.3 Å². The van der Waals surface area contributed by atoms with Crippen molar-refractivity contribution in [2.45, 2.75) is 58.3 Å². The van der Waals surface area contributed by atoms with Gasteiger partial charge in [-0.05, 0) is 12.1 Å². The molecule has 2 aromatic carbocycles. The number of aromatic nitrogens is 3. The average Bonchev–Trinajstić information content (AvgIpc) is 3.66. The van der Waals surface area contributed by atoms with Gasteiger partial charge in [-0.3, -0.25) is 38.7 Å². The predicted molar refractivity (Wildman–Crippen MR) is 170 cm³/mol. The minimum Gasteiger partial charge on any atom is -0.463 e. The van der Waals surface area contributed by atoms with Gasteiger partial charge >= 0.3 is 23.9 Å². The molecule has 2 amide bonds. The van der Waals surface area contributed by atoms with Crippen molar-refractivity contribution in [1.29, 1.82) is 0 Å². The molecule has 49 heavy (non-hydrogen) atoms. The van der Waals surface area contributed by atoms with Gasteiger partial charge in [-0.25, -0.2) is 0 Å². The van der Waals surface area contributed by atoms with E-state index in [1.54, 1.807) is 16.8 Å². The van der Waals surface area contributed by atoms with Gasteiger partial charge < -0.3 is 33.2 Å². The van der Waals surface area contributed by atoms with Crippen LogP contribution < -0.4 is 0 Å². The highest BCUT2D eigenvalue weighted by Crippen LogP contribution is 2.47. The lowest BCUT2D eigenvalue weighted by Crippen LogP contribution is -2.60. The molecule has 0 bridgehead atoms. The first-order valence-corrected chi connectivity index (χ1v) is 15.4. The summed E-state index contributed by atoms with van der Waals surface area (Å²) in [5.74, 6) is -3.96. The van der Waals surface area contributed by atoms with Crippen LogP contribution in [0.5, 0.6) is 0 Å². The molecule has 2 aliphatic rings. The first kappa shape index (κ1) is 31.8. The maximum Gasteiger partial charge on any atom is 0.303 e. The molecule has 5 aromatic rings. The normalized spacial score (nSPS) is 22.1. The van der Waals surface area contributed by atoms with Crippen molar-refractivity contribution in [3.8, 4) is 0 Å². The maximum absolute atomic E-state index is 13.9. The third-order valence-corrected chi connectivity index (χ3v) is 8.76. The lowest BCUT2D eigenvalue weighted by molar-refractivity contribution is -0.267. The standard InChI is InChI=1S/C34H30N4O11/c1-14(39)45-13-22-29(46-15(2)40)30(47-16(3)41)31(48-17(4)42)34(49-22)38-21-10-11-35-12-19(21)24-26-25(32(43)37(5)33(26)44)23-18-8-6-7-9-20(18)36-27(23)28(24)38/h6-12,22,29-31,34,36H,13H2,1-5H3/t22-,29-,30+,31-,34-/m1/s1. The Morgan fingerprint density at radius 3 is 2.12 bits per heavy atom. The van der Waals surface area contributed by atoms with Crippen molar-refractivity contribution in [3.63, 3.8) is 0 Å². The second-order valence-corrected chi connectivity index (χ2v) is 11.9. The molecule has 0 spiro atoms. The summed E-state index contributed by atoms with van der Waals surface area (Å²) in [5, 5.41) is 2.03. The van der Waals surface area contributed by atoms with E-state index in [2.05, 4.69) is 9.97 Å². The zero-order valence-corrected chi connectivity index (χ0v) is 27.0. The summed E-state index contributed by atoms with van der Waals surface area (Å²) in [6.45, 7) is 4.20. The van der Waals surface area contributed by atoms with Gasteiger partial charge in [0.2, 0.25) is 0 Å². The number of hydrogen-bond donors (Lipinski definition) is 1. The molecule has 0 unspecified atom stereocenters. The van der Waals surface area contributed by atoms with Crippen LogP contribution in [0.4, 0.5) is 0 Å². The second-order valence-electron chi connectivity index (χ2n) is 11.9. The number of pyridine rings is 1. The number of benzene rings is 2. The summed E-state index contributed by atoms with van der Waals surface area (Å²) in [7, 11) is 1.41. The second kappa shape index (κ2) is 11.7. The molecule has 1 N–H and O–H groups in total. The summed E-state index contributed by atoms with van der Waals surface area (Å²) < 4.78 is 30.7. The van der Waals surface area contributed by atoms with Gasteiger partial charge in [0, 0.05) is 74.2 Å². The Labute approximate surface area is 276 Å². The Morgan fingerprint density at radius 1 is 0.816 bits per heavy atom. The number of carbonyl (C=O) groups is 6. The zero-order chi connectivity index (χ0) is 34.9. The molecule has 15 nitrogen and oxygen atoms in total. The predicted octanol–water partition coefficient (Wildman–Crippen LogP) is 3.31. The number of para-hydroxylation sites is 1. The third-order valence-electron chi connectivity index (χ3n) is 8.76. The number of nitrogens with one attached hydrogen (secondary N) is 1. The highest BCUT2D eigenvalue weighted by atomic mass is 16.7. The summed E-state index contributed by atoms with van der Waals surface area (Å²) in [6, 6.07) is 8.97. The Hall–Kier alpha value is -5.83. The minimum absolute atomic E-state index is 0.155. The molecule has 0 aliphatic carbocycles. The number of nitrogens with zero attached hydrogens (tertiary/aromatic N) is 3. The smallest absolute Gasteiger partial charge is 0.303 e. The summed E-state index contributed by atoms with van der Waals surface area (Å²) in [5.41, 5.74) is 2.37. The van der Waals surface area contributed by atoms with Crippen molar-refractivity contribution in [2.75, 3.05) is 13.7 Å². The van der Waals surface area contributed by atoms with Crippen LogP contribution in [-0.4, -0.2) is 93.2 Å². The van der Waals surface area contributed by atoms with Gasteiger partial charge in [0.05, 0.1) is 27.7 Å². The highest BCUT2D eigenvalue weighted by Gasteiger charge is 2.54. The number of carbonyl (C=O) groups excluding carboxylic acids is 6. The van der Waals surface area contributed by atoms with Crippen molar-refractivity contribution in [2.24, 2.45) is 0 Å². The van der Waals surface area contributed by atoms with Gasteiger partial charge in [-0.1, -0.05) is 18.2 Å². The van der Waals surface area contributed by atoms with Crippen LogP contribution >= 0.6 is 0 Å². The monoisotopic (exact) mass is 670 g/mol. The summed E-state index contributed by atoms with van der Waals surface area (Å²) >= 11 is 0. The van der Waals surface area contributed by atoms with Crippen LogP contribution in [0.25, 0.3) is 43.6 Å². The molecule has 15 heteroatoms. The molecule has 1 saturated heterocycles. The Bertz CT molecular complexity index is 2270. The molecule has 3 aromatic heterocycles. The van der Waals surface area contributed by atoms with E-state index in [0.29, 0.717) is 43.6 Å². The Kier molecular flexibility index (Phi) is 7.58. The number of esters is 4. The SMILES string of the molecule is CC(=O)OC[C@H]1O[C@@H](n2c3ccncc3c3c4c(c5c6ccccc6[nH]c5c32)C(=O)N(C)C4=O)[C@H](OC(C)=O)[C@@H](OC(C)=O)[C@@H]1OC(C)=O. The summed E-state index contributed by atoms with van der Waals surface area (Å²) in [4.78, 5) is 85.9. The highest BCUT2D eigenvalue weighted by molar-refractivity contribution is 6.39. The molecule has 7 rings (SSSR count). The van der Waals surface area contributed by atoms with Gasteiger partial charge in [0.25, 0.3) is 11.8 Å². The van der Waals surface area contributed by atoms with E-state index in [1.807, 2.05) is 24.3 Å². The van der Waals surface area contributed by atoms with Gasteiger partial charge in [-0.15, -0.1) is 0 Å². The summed E-state index contributed by atoms with van der Waals surface area (Å²) in [6.07, 6.45) is -3.78. The lowest BCUT2D eigenvalue weighted by Gasteiger charge is -2.45. The van der Waals surface area contributed by atoms with Crippen LogP contribution in [0.2, 0.25) is 0 Å². The van der Waals surface area contributed by atoms with Crippen molar-refractivity contribution in [1.82, 2.24) is 19.4 Å². The number of rotatable bonds is 6. The number of hydrogen-bond acceptors (Lipinski definition) is 12. The molecule has 2 aliphatic heterocycles. The number of ether oxygens (including phenoxy) is 5. The molecule has 5 heterocycles. The lowest BCUT2D eigenvalue weighted by atomic mass is 9.96. The van der Waals surface area contributed by atoms with Crippen LogP contribution in [0.1, 0.15) is 54.6 Å². The van der Waals surface area contributed by atoms with Gasteiger partial charge in [0.15, 0.2) is 24.5 Å². The van der Waals surface area contributed by atoms with E-state index in [-0.39, 0.29) is 11.1 Å². The topological polar surface area (TPSA) is 185 Å². The number of H-pyrrole nitrogens is 1. The van der Waals surface area contributed by atoms with Gasteiger partial charge in [-0.2, -0.15) is 0 Å². The van der Waals surface area contributed by atoms with Crippen LogP contribution in [0.15, 0.2) is 42.7 Å². The Balaban J connectivity index is 1.61.